The van der Waals surface area contributed by atoms with Crippen LogP contribution < -0.4 is 9.80 Å². The van der Waals surface area contributed by atoms with Gasteiger partial charge in [-0.05, 0) is 97.7 Å². The lowest BCUT2D eigenvalue weighted by Crippen LogP contribution is -3.11. The molecular weight excluding hydrogens is 480 g/mol. The monoisotopic (exact) mass is 544 g/mol. The van der Waals surface area contributed by atoms with E-state index >= 15 is 0 Å². The first-order valence-corrected chi connectivity index (χ1v) is 16.8. The van der Waals surface area contributed by atoms with E-state index in [9.17, 15) is 4.79 Å². The number of hydrogen-bond acceptors (Lipinski definition) is 2. The van der Waals surface area contributed by atoms with Crippen molar-refractivity contribution in [1.82, 2.24) is 0 Å². The fraction of sp³-hybridized carbons (Fsp3) is 0.914. The molecular formula is C35H64N2O2+2. The van der Waals surface area contributed by atoms with Crippen molar-refractivity contribution < 1.29 is 19.3 Å². The highest BCUT2D eigenvalue weighted by atomic mass is 16.5. The van der Waals surface area contributed by atoms with Gasteiger partial charge in [-0.1, -0.05) is 65.5 Å². The van der Waals surface area contributed by atoms with Crippen LogP contribution in [-0.4, -0.2) is 53.4 Å². The molecule has 3 saturated carbocycles. The summed E-state index contributed by atoms with van der Waals surface area (Å²) < 4.78 is 6.17. The maximum Gasteiger partial charge on any atom is 0.309 e. The molecule has 0 radical (unpaired) electrons. The maximum absolute atomic E-state index is 13.4. The normalized spacial score (nSPS) is 37.1. The first-order chi connectivity index (χ1) is 18.3. The number of nitrogens with one attached hydrogen (secondary N) is 2. The zero-order valence-corrected chi connectivity index (χ0v) is 27.2. The van der Waals surface area contributed by atoms with E-state index in [1.165, 1.54) is 67.6 Å². The molecule has 0 heterocycles. The Morgan fingerprint density at radius 2 is 1.64 bits per heavy atom. The Labute approximate surface area is 241 Å². The van der Waals surface area contributed by atoms with Crippen molar-refractivity contribution in [3.8, 4) is 0 Å². The number of esters is 1. The Morgan fingerprint density at radius 3 is 2.28 bits per heavy atom. The lowest BCUT2D eigenvalue weighted by atomic mass is 9.46. The lowest BCUT2D eigenvalue weighted by molar-refractivity contribution is -0.885. The molecule has 4 aliphatic rings. The first-order valence-electron chi connectivity index (χ1n) is 16.8. The van der Waals surface area contributed by atoms with E-state index in [0.29, 0.717) is 10.8 Å². The molecule has 4 nitrogen and oxygen atoms in total. The Kier molecular flexibility index (Phi) is 10.0. The highest BCUT2D eigenvalue weighted by molar-refractivity contribution is 5.73. The minimum atomic E-state index is 0.00428. The molecule has 4 aliphatic carbocycles. The number of hydrogen-bond donors (Lipinski definition) is 2. The summed E-state index contributed by atoms with van der Waals surface area (Å²) >= 11 is 0. The molecule has 0 saturated heterocycles. The van der Waals surface area contributed by atoms with Gasteiger partial charge in [-0.3, -0.25) is 4.79 Å². The summed E-state index contributed by atoms with van der Waals surface area (Å²) in [6, 6.07) is 0. The van der Waals surface area contributed by atoms with Crippen molar-refractivity contribution in [3.05, 3.63) is 11.6 Å². The predicted molar refractivity (Wildman–Crippen MR) is 162 cm³/mol. The molecule has 0 aliphatic heterocycles. The fourth-order valence-corrected chi connectivity index (χ4v) is 10.2. The van der Waals surface area contributed by atoms with Crippen LogP contribution in [0.5, 0.6) is 0 Å². The van der Waals surface area contributed by atoms with Gasteiger partial charge in [0.2, 0.25) is 0 Å². The van der Waals surface area contributed by atoms with Crippen LogP contribution >= 0.6 is 0 Å². The minimum Gasteiger partial charge on any atom is -0.450 e. The summed E-state index contributed by atoms with van der Waals surface area (Å²) in [5.74, 6) is 5.29. The highest BCUT2D eigenvalue weighted by Crippen LogP contribution is 2.67. The van der Waals surface area contributed by atoms with Gasteiger partial charge >= 0.3 is 5.97 Å². The second kappa shape index (κ2) is 12.6. The van der Waals surface area contributed by atoms with Gasteiger partial charge in [-0.2, -0.15) is 0 Å². The molecule has 224 valence electrons. The summed E-state index contributed by atoms with van der Waals surface area (Å²) in [7, 11) is 8.60. The number of ether oxygens (including phenoxy) is 1. The average molecular weight is 545 g/mol. The van der Waals surface area contributed by atoms with Gasteiger partial charge in [-0.25, -0.2) is 0 Å². The molecule has 0 aromatic carbocycles. The number of likely N-dealkylation sites (N-methyl/N-ethyl adjacent to an activating group) is 2. The number of rotatable bonds is 11. The lowest BCUT2D eigenvalue weighted by Gasteiger charge is -2.58. The minimum absolute atomic E-state index is 0.00428. The summed E-state index contributed by atoms with van der Waals surface area (Å²) in [5.41, 5.74) is 2.44. The topological polar surface area (TPSA) is 35.2 Å². The van der Waals surface area contributed by atoms with Crippen molar-refractivity contribution >= 4 is 5.97 Å². The highest BCUT2D eigenvalue weighted by Gasteiger charge is 2.59. The number of allylic oxidation sites excluding steroid dienone is 2. The van der Waals surface area contributed by atoms with Crippen LogP contribution in [0.2, 0.25) is 0 Å². The van der Waals surface area contributed by atoms with Crippen LogP contribution in [0.3, 0.4) is 0 Å². The zero-order chi connectivity index (χ0) is 28.5. The number of quaternary nitrogens is 2. The molecule has 8 unspecified atom stereocenters. The molecule has 39 heavy (non-hydrogen) atoms. The van der Waals surface area contributed by atoms with Gasteiger partial charge in [0.25, 0.3) is 0 Å². The molecule has 0 amide bonds. The SMILES string of the molecule is CC(C)CCCC(C)C1CCC2C3CC=C4CC(C(=O)OC(C[NH+](C)C)C[NH+](C)C)CCC4(C)C3CCC12C. The molecule has 4 heteroatoms. The second-order valence-electron chi connectivity index (χ2n) is 16.1. The van der Waals surface area contributed by atoms with Crippen molar-refractivity contribution in [3.63, 3.8) is 0 Å². The molecule has 0 spiro atoms. The van der Waals surface area contributed by atoms with Crippen LogP contribution in [0.1, 0.15) is 105 Å². The van der Waals surface area contributed by atoms with Gasteiger partial charge in [-0.15, -0.1) is 0 Å². The Morgan fingerprint density at radius 1 is 0.949 bits per heavy atom. The Balaban J connectivity index is 1.41. The Bertz CT molecular complexity index is 855. The summed E-state index contributed by atoms with van der Waals surface area (Å²) in [5, 5.41) is 0. The molecule has 0 aromatic rings. The molecule has 0 bridgehead atoms. The van der Waals surface area contributed by atoms with Gasteiger partial charge in [0.15, 0.2) is 6.10 Å². The largest absolute Gasteiger partial charge is 0.450 e. The van der Waals surface area contributed by atoms with E-state index in [0.717, 1.165) is 61.4 Å². The second-order valence-corrected chi connectivity index (χ2v) is 16.1. The van der Waals surface area contributed by atoms with Crippen LogP contribution in [-0.2, 0) is 9.53 Å². The summed E-state index contributed by atoms with van der Waals surface area (Å²) in [4.78, 5) is 16.1. The van der Waals surface area contributed by atoms with Crippen molar-refractivity contribution in [1.29, 1.82) is 0 Å². The summed E-state index contributed by atoms with van der Waals surface area (Å²) in [6.07, 6.45) is 16.9. The third-order valence-corrected chi connectivity index (χ3v) is 12.2. The number of carbonyl (C=O) groups is 1. The van der Waals surface area contributed by atoms with Gasteiger partial charge in [0, 0.05) is 0 Å². The third-order valence-electron chi connectivity index (χ3n) is 12.2. The predicted octanol–water partition coefficient (Wildman–Crippen LogP) is 4.84. The molecule has 3 fully saturated rings. The number of fused-ring (bicyclic) bond motifs is 5. The smallest absolute Gasteiger partial charge is 0.309 e. The molecule has 4 rings (SSSR count). The van der Waals surface area contributed by atoms with Crippen LogP contribution in [0.4, 0.5) is 0 Å². The molecule has 0 aromatic heterocycles. The Hall–Kier alpha value is -0.870. The van der Waals surface area contributed by atoms with Gasteiger partial charge < -0.3 is 14.5 Å². The number of carbonyl (C=O) groups excluding carboxylic acids is 1. The van der Waals surface area contributed by atoms with Crippen molar-refractivity contribution in [2.24, 2.45) is 52.3 Å². The zero-order valence-electron chi connectivity index (χ0n) is 27.2. The van der Waals surface area contributed by atoms with Crippen LogP contribution in [0.25, 0.3) is 0 Å². The summed E-state index contributed by atoms with van der Waals surface area (Å²) in [6.45, 7) is 14.4. The van der Waals surface area contributed by atoms with Crippen LogP contribution in [0.15, 0.2) is 11.6 Å². The average Bonchev–Trinajstić information content (AvgIpc) is 3.19. The van der Waals surface area contributed by atoms with E-state index in [-0.39, 0.29) is 18.0 Å². The first kappa shape index (κ1) is 31.1. The third kappa shape index (κ3) is 6.63. The van der Waals surface area contributed by atoms with E-state index in [4.69, 9.17) is 4.74 Å². The van der Waals surface area contributed by atoms with Gasteiger partial charge in [0.1, 0.15) is 13.1 Å². The standard InChI is InChI=1S/C35H62N2O2/c1-24(2)11-10-12-25(3)30-15-16-31-29-14-13-27-21-26(33(38)39-28(22-36(6)7)23-37(8)9)17-19-34(27,4)32(29)18-20-35(30,31)5/h13,24-26,28-32H,10-12,14-23H2,1-9H3/p+2. The quantitative estimate of drug-likeness (QED) is 0.288. The van der Waals surface area contributed by atoms with E-state index in [2.05, 4.69) is 68.9 Å². The van der Waals surface area contributed by atoms with E-state index < -0.39 is 0 Å². The van der Waals surface area contributed by atoms with Crippen molar-refractivity contribution in [2.75, 3.05) is 41.3 Å². The molecule has 8 atom stereocenters. The fourth-order valence-electron chi connectivity index (χ4n) is 10.2. The van der Waals surface area contributed by atoms with Crippen molar-refractivity contribution in [2.45, 2.75) is 111 Å². The van der Waals surface area contributed by atoms with E-state index in [1.807, 2.05) is 0 Å². The molecule has 2 N–H and O–H groups in total. The maximum atomic E-state index is 13.4. The van der Waals surface area contributed by atoms with E-state index in [1.54, 1.807) is 5.57 Å². The van der Waals surface area contributed by atoms with Crippen LogP contribution in [0, 0.1) is 52.3 Å². The van der Waals surface area contributed by atoms with Gasteiger partial charge in [0.05, 0.1) is 34.1 Å².